The van der Waals surface area contributed by atoms with Crippen LogP contribution < -0.4 is 9.64 Å². The zero-order valence-electron chi connectivity index (χ0n) is 14.6. The molecular formula is C20H19N3O3. The van der Waals surface area contributed by atoms with Gasteiger partial charge in [0.15, 0.2) is 5.76 Å². The molecule has 1 aliphatic heterocycles. The molecule has 1 saturated heterocycles. The van der Waals surface area contributed by atoms with Crippen LogP contribution in [0.3, 0.4) is 0 Å². The highest BCUT2D eigenvalue weighted by molar-refractivity contribution is 5.56. The third-order valence-corrected chi connectivity index (χ3v) is 4.44. The molecule has 0 unspecified atom stereocenters. The lowest BCUT2D eigenvalue weighted by Crippen LogP contribution is -2.17. The van der Waals surface area contributed by atoms with Crippen LogP contribution in [0.5, 0.6) is 5.75 Å². The Hall–Kier alpha value is -3.20. The first kappa shape index (κ1) is 16.3. The van der Waals surface area contributed by atoms with Crippen LogP contribution in [0.4, 0.5) is 5.88 Å². The van der Waals surface area contributed by atoms with Gasteiger partial charge in [0.25, 0.3) is 5.89 Å². The van der Waals surface area contributed by atoms with Gasteiger partial charge in [-0.3, -0.25) is 0 Å². The molecule has 6 heteroatoms. The van der Waals surface area contributed by atoms with E-state index in [1.165, 1.54) is 0 Å². The van der Waals surface area contributed by atoms with Crippen LogP contribution >= 0.6 is 0 Å². The summed E-state index contributed by atoms with van der Waals surface area (Å²) in [4.78, 5) is 6.34. The van der Waals surface area contributed by atoms with Crippen molar-refractivity contribution < 1.29 is 13.6 Å². The third kappa shape index (κ3) is 3.16. The topological polar surface area (TPSA) is 75.4 Å². The Morgan fingerprint density at radius 3 is 2.73 bits per heavy atom. The summed E-state index contributed by atoms with van der Waals surface area (Å²) >= 11 is 0. The molecule has 132 valence electrons. The average molecular weight is 349 g/mol. The highest BCUT2D eigenvalue weighted by atomic mass is 16.5. The second-order valence-corrected chi connectivity index (χ2v) is 6.30. The number of hydrogen-bond donors (Lipinski definition) is 0. The van der Waals surface area contributed by atoms with Crippen molar-refractivity contribution in [2.45, 2.75) is 26.4 Å². The van der Waals surface area contributed by atoms with Gasteiger partial charge in [-0.2, -0.15) is 10.2 Å². The van der Waals surface area contributed by atoms with E-state index in [9.17, 15) is 5.26 Å². The summed E-state index contributed by atoms with van der Waals surface area (Å²) in [6, 6.07) is 13.6. The summed E-state index contributed by atoms with van der Waals surface area (Å²) in [6.07, 6.45) is 2.20. The summed E-state index contributed by atoms with van der Waals surface area (Å²) in [7, 11) is 0. The van der Waals surface area contributed by atoms with Crippen LogP contribution in [0.15, 0.2) is 45.2 Å². The fourth-order valence-electron chi connectivity index (χ4n) is 3.06. The van der Waals surface area contributed by atoms with Crippen LogP contribution in [-0.2, 0) is 6.61 Å². The van der Waals surface area contributed by atoms with E-state index in [0.29, 0.717) is 35.6 Å². The van der Waals surface area contributed by atoms with E-state index in [-0.39, 0.29) is 0 Å². The standard InChI is InChI=1S/C20H19N3O3/c1-14-6-2-3-7-17(14)24-13-15-8-9-18(25-15)19-22-16(12-21)20(26-19)23-10-4-5-11-23/h2-3,6-9H,4-5,10-11,13H2,1H3. The lowest BCUT2D eigenvalue weighted by molar-refractivity contribution is 0.269. The normalized spacial score (nSPS) is 13.8. The van der Waals surface area contributed by atoms with Gasteiger partial charge in [-0.05, 0) is 43.5 Å². The molecule has 4 rings (SSSR count). The van der Waals surface area contributed by atoms with Crippen LogP contribution in [0.25, 0.3) is 11.7 Å². The minimum Gasteiger partial charge on any atom is -0.485 e. The van der Waals surface area contributed by atoms with E-state index >= 15 is 0 Å². The zero-order valence-corrected chi connectivity index (χ0v) is 14.6. The molecule has 3 heterocycles. The number of aromatic nitrogens is 1. The average Bonchev–Trinajstić information content (AvgIpc) is 3.39. The molecule has 0 aliphatic carbocycles. The Balaban J connectivity index is 1.51. The summed E-state index contributed by atoms with van der Waals surface area (Å²) < 4.78 is 17.4. The third-order valence-electron chi connectivity index (χ3n) is 4.44. The van der Waals surface area contributed by atoms with Gasteiger partial charge in [0, 0.05) is 13.1 Å². The predicted octanol–water partition coefficient (Wildman–Crippen LogP) is 4.29. The number of nitrogens with zero attached hydrogens (tertiary/aromatic N) is 3. The fraction of sp³-hybridized carbons (Fsp3) is 0.300. The van der Waals surface area contributed by atoms with Gasteiger partial charge in [0.1, 0.15) is 24.2 Å². The summed E-state index contributed by atoms with van der Waals surface area (Å²) in [5.74, 6) is 2.85. The van der Waals surface area contributed by atoms with Crippen LogP contribution in [0.2, 0.25) is 0 Å². The predicted molar refractivity (Wildman–Crippen MR) is 95.9 cm³/mol. The smallest absolute Gasteiger partial charge is 0.266 e. The van der Waals surface area contributed by atoms with E-state index in [0.717, 1.165) is 37.2 Å². The van der Waals surface area contributed by atoms with Gasteiger partial charge in [-0.1, -0.05) is 18.2 Å². The first-order chi connectivity index (χ1) is 12.7. The summed E-state index contributed by atoms with van der Waals surface area (Å²) in [5.41, 5.74) is 1.37. The quantitative estimate of drug-likeness (QED) is 0.684. The number of furan rings is 1. The van der Waals surface area contributed by atoms with Crippen molar-refractivity contribution in [2.24, 2.45) is 0 Å². The van der Waals surface area contributed by atoms with E-state index < -0.39 is 0 Å². The van der Waals surface area contributed by atoms with Gasteiger partial charge in [0.2, 0.25) is 11.6 Å². The molecule has 6 nitrogen and oxygen atoms in total. The molecule has 1 fully saturated rings. The maximum absolute atomic E-state index is 9.33. The van der Waals surface area contributed by atoms with Crippen LogP contribution in [0.1, 0.15) is 29.9 Å². The Labute approximate surface area is 151 Å². The number of anilines is 1. The van der Waals surface area contributed by atoms with Gasteiger partial charge >= 0.3 is 0 Å². The molecule has 0 bridgehead atoms. The van der Waals surface area contributed by atoms with Crippen molar-refractivity contribution in [1.29, 1.82) is 5.26 Å². The first-order valence-electron chi connectivity index (χ1n) is 8.68. The number of para-hydroxylation sites is 1. The lowest BCUT2D eigenvalue weighted by atomic mass is 10.2. The number of nitriles is 1. The van der Waals surface area contributed by atoms with E-state index in [1.54, 1.807) is 6.07 Å². The molecule has 1 aliphatic rings. The Kier molecular flexibility index (Phi) is 4.36. The largest absolute Gasteiger partial charge is 0.485 e. The van der Waals surface area contributed by atoms with Gasteiger partial charge in [-0.25, -0.2) is 0 Å². The van der Waals surface area contributed by atoms with Crippen molar-refractivity contribution in [3.05, 3.63) is 53.4 Å². The molecule has 0 saturated carbocycles. The van der Waals surface area contributed by atoms with Crippen LogP contribution in [-0.4, -0.2) is 18.1 Å². The summed E-state index contributed by atoms with van der Waals surface area (Å²) in [6.45, 7) is 4.09. The lowest BCUT2D eigenvalue weighted by Gasteiger charge is -2.12. The van der Waals surface area contributed by atoms with Gasteiger partial charge in [0.05, 0.1) is 0 Å². The molecule has 0 N–H and O–H groups in total. The molecule has 1 aromatic carbocycles. The maximum atomic E-state index is 9.33. The Bertz CT molecular complexity index is 945. The molecule has 26 heavy (non-hydrogen) atoms. The highest BCUT2D eigenvalue weighted by Crippen LogP contribution is 2.31. The zero-order chi connectivity index (χ0) is 17.9. The number of rotatable bonds is 5. The molecule has 0 atom stereocenters. The van der Waals surface area contributed by atoms with E-state index in [1.807, 2.05) is 37.3 Å². The van der Waals surface area contributed by atoms with E-state index in [4.69, 9.17) is 13.6 Å². The van der Waals surface area contributed by atoms with Crippen molar-refractivity contribution >= 4 is 5.88 Å². The number of aryl methyl sites for hydroxylation is 1. The van der Waals surface area contributed by atoms with Crippen LogP contribution in [0, 0.1) is 18.3 Å². The molecule has 3 aromatic rings. The highest BCUT2D eigenvalue weighted by Gasteiger charge is 2.24. The van der Waals surface area contributed by atoms with Gasteiger partial charge < -0.3 is 18.5 Å². The summed E-state index contributed by atoms with van der Waals surface area (Å²) in [5, 5.41) is 9.33. The fourth-order valence-corrected chi connectivity index (χ4v) is 3.06. The number of oxazole rings is 1. The number of hydrogen-bond acceptors (Lipinski definition) is 6. The monoisotopic (exact) mass is 349 g/mol. The molecule has 2 aromatic heterocycles. The number of ether oxygens (including phenoxy) is 1. The SMILES string of the molecule is Cc1ccccc1OCc1ccc(-c2nc(C#N)c(N3CCCC3)o2)o1. The first-order valence-corrected chi connectivity index (χ1v) is 8.68. The minimum atomic E-state index is 0.302. The second-order valence-electron chi connectivity index (χ2n) is 6.30. The maximum Gasteiger partial charge on any atom is 0.266 e. The van der Waals surface area contributed by atoms with Gasteiger partial charge in [-0.15, -0.1) is 0 Å². The van der Waals surface area contributed by atoms with Crippen molar-refractivity contribution in [1.82, 2.24) is 4.98 Å². The molecule has 0 amide bonds. The van der Waals surface area contributed by atoms with E-state index in [2.05, 4.69) is 16.0 Å². The second kappa shape index (κ2) is 6.96. The Morgan fingerprint density at radius 1 is 1.15 bits per heavy atom. The van der Waals surface area contributed by atoms with Crippen molar-refractivity contribution in [2.75, 3.05) is 18.0 Å². The molecule has 0 radical (unpaired) electrons. The van der Waals surface area contributed by atoms with Crippen molar-refractivity contribution in [3.8, 4) is 23.5 Å². The number of benzene rings is 1. The Morgan fingerprint density at radius 2 is 1.96 bits per heavy atom. The molecular weight excluding hydrogens is 330 g/mol. The molecule has 0 spiro atoms. The van der Waals surface area contributed by atoms with Crippen molar-refractivity contribution in [3.63, 3.8) is 0 Å². The minimum absolute atomic E-state index is 0.302.